The first kappa shape index (κ1) is 19.0. The summed E-state index contributed by atoms with van der Waals surface area (Å²) in [6, 6.07) is 16.0. The summed E-state index contributed by atoms with van der Waals surface area (Å²) in [4.78, 5) is 12.3. The Kier molecular flexibility index (Phi) is 6.90. The standard InChI is InChI=1S/C20H25N3O4/c24-18-10-11-21-14-17(18)23-20(25)22-16-8-4-5-9-19(16)27-13-12-26-15-6-2-1-3-7-15/h1-9,17-18,21,24H,10-14H2,(H2,22,23,25)/t17-,18-/m1/s1. The van der Waals surface area contributed by atoms with Crippen LogP contribution in [0.15, 0.2) is 54.6 Å². The lowest BCUT2D eigenvalue weighted by atomic mass is 10.0. The van der Waals surface area contributed by atoms with E-state index in [4.69, 9.17) is 9.47 Å². The second-order valence-corrected chi connectivity index (χ2v) is 6.27. The fraction of sp³-hybridized carbons (Fsp3) is 0.350. The van der Waals surface area contributed by atoms with E-state index in [2.05, 4.69) is 16.0 Å². The molecule has 0 bridgehead atoms. The van der Waals surface area contributed by atoms with Crippen LogP contribution in [-0.2, 0) is 0 Å². The van der Waals surface area contributed by atoms with Gasteiger partial charge in [-0.15, -0.1) is 0 Å². The van der Waals surface area contributed by atoms with E-state index >= 15 is 0 Å². The minimum absolute atomic E-state index is 0.314. The Balaban J connectivity index is 1.48. The first-order chi connectivity index (χ1) is 13.2. The zero-order valence-electron chi connectivity index (χ0n) is 15.1. The van der Waals surface area contributed by atoms with E-state index in [1.165, 1.54) is 0 Å². The summed E-state index contributed by atoms with van der Waals surface area (Å²) in [5.74, 6) is 1.35. The zero-order valence-corrected chi connectivity index (χ0v) is 15.1. The van der Waals surface area contributed by atoms with Gasteiger partial charge < -0.3 is 30.5 Å². The third kappa shape index (κ3) is 5.87. The number of hydrogen-bond donors (Lipinski definition) is 4. The number of aliphatic hydroxyl groups excluding tert-OH is 1. The van der Waals surface area contributed by atoms with Gasteiger partial charge in [-0.1, -0.05) is 30.3 Å². The predicted molar refractivity (Wildman–Crippen MR) is 103 cm³/mol. The average molecular weight is 371 g/mol. The molecule has 2 atom stereocenters. The molecule has 4 N–H and O–H groups in total. The number of carbonyl (C=O) groups is 1. The van der Waals surface area contributed by atoms with Crippen molar-refractivity contribution in [1.29, 1.82) is 0 Å². The zero-order chi connectivity index (χ0) is 18.9. The number of nitrogens with one attached hydrogen (secondary N) is 3. The molecule has 2 aromatic rings. The molecule has 0 aliphatic carbocycles. The van der Waals surface area contributed by atoms with Gasteiger partial charge in [0.15, 0.2) is 0 Å². The van der Waals surface area contributed by atoms with Gasteiger partial charge in [0.05, 0.1) is 17.8 Å². The maximum Gasteiger partial charge on any atom is 0.319 e. The number of para-hydroxylation sites is 3. The van der Waals surface area contributed by atoms with Crippen molar-refractivity contribution in [2.24, 2.45) is 0 Å². The van der Waals surface area contributed by atoms with Crippen LogP contribution < -0.4 is 25.4 Å². The molecule has 0 saturated carbocycles. The Hall–Kier alpha value is -2.77. The van der Waals surface area contributed by atoms with Gasteiger partial charge in [0.1, 0.15) is 24.7 Å². The van der Waals surface area contributed by atoms with Crippen LogP contribution in [0.3, 0.4) is 0 Å². The van der Waals surface area contributed by atoms with Crippen molar-refractivity contribution < 1.29 is 19.4 Å². The maximum absolute atomic E-state index is 12.3. The number of anilines is 1. The lowest BCUT2D eigenvalue weighted by Crippen LogP contribution is -2.54. The maximum atomic E-state index is 12.3. The minimum atomic E-state index is -0.543. The number of urea groups is 1. The summed E-state index contributed by atoms with van der Waals surface area (Å²) in [5, 5.41) is 18.7. The van der Waals surface area contributed by atoms with Crippen molar-refractivity contribution in [1.82, 2.24) is 10.6 Å². The molecule has 1 saturated heterocycles. The normalized spacial score (nSPS) is 19.1. The Labute approximate surface area is 158 Å². The number of piperidine rings is 1. The van der Waals surface area contributed by atoms with Crippen LogP contribution in [0.1, 0.15) is 6.42 Å². The van der Waals surface area contributed by atoms with E-state index in [1.807, 2.05) is 42.5 Å². The molecule has 0 spiro atoms. The smallest absolute Gasteiger partial charge is 0.319 e. The van der Waals surface area contributed by atoms with Gasteiger partial charge in [-0.2, -0.15) is 0 Å². The Morgan fingerprint density at radius 2 is 1.81 bits per heavy atom. The third-order valence-electron chi connectivity index (χ3n) is 4.25. The van der Waals surface area contributed by atoms with Crippen LogP contribution in [0.4, 0.5) is 10.5 Å². The van der Waals surface area contributed by atoms with Crippen LogP contribution in [0.25, 0.3) is 0 Å². The number of hydrogen-bond acceptors (Lipinski definition) is 5. The highest BCUT2D eigenvalue weighted by Crippen LogP contribution is 2.23. The molecule has 2 amide bonds. The van der Waals surface area contributed by atoms with Crippen molar-refractivity contribution in [2.45, 2.75) is 18.6 Å². The highest BCUT2D eigenvalue weighted by atomic mass is 16.5. The highest BCUT2D eigenvalue weighted by molar-refractivity contribution is 5.91. The molecule has 0 radical (unpaired) electrons. The number of carbonyl (C=O) groups excluding carboxylic acids is 1. The monoisotopic (exact) mass is 371 g/mol. The predicted octanol–water partition coefficient (Wildman–Crippen LogP) is 1.99. The minimum Gasteiger partial charge on any atom is -0.490 e. The summed E-state index contributed by atoms with van der Waals surface area (Å²) in [6.07, 6.45) is 0.0742. The molecule has 3 rings (SSSR count). The molecule has 1 aliphatic rings. The third-order valence-corrected chi connectivity index (χ3v) is 4.25. The molecule has 1 fully saturated rings. The van der Waals surface area contributed by atoms with Gasteiger partial charge in [0, 0.05) is 6.54 Å². The number of rotatable bonds is 7. The summed E-state index contributed by atoms with van der Waals surface area (Å²) in [5.41, 5.74) is 0.563. The summed E-state index contributed by atoms with van der Waals surface area (Å²) < 4.78 is 11.3. The molecule has 0 aromatic heterocycles. The molecule has 2 aromatic carbocycles. The van der Waals surface area contributed by atoms with Crippen LogP contribution in [-0.4, -0.2) is 49.6 Å². The number of ether oxygens (including phenoxy) is 2. The average Bonchev–Trinajstić information content (AvgIpc) is 2.69. The second-order valence-electron chi connectivity index (χ2n) is 6.27. The second kappa shape index (κ2) is 9.80. The van der Waals surface area contributed by atoms with Gasteiger partial charge >= 0.3 is 6.03 Å². The number of amides is 2. The SMILES string of the molecule is O=C(Nc1ccccc1OCCOc1ccccc1)N[C@@H]1CNCC[C@H]1O. The lowest BCUT2D eigenvalue weighted by Gasteiger charge is -2.29. The molecule has 144 valence electrons. The van der Waals surface area contributed by atoms with Crippen LogP contribution in [0.5, 0.6) is 11.5 Å². The van der Waals surface area contributed by atoms with Crippen LogP contribution >= 0.6 is 0 Å². The lowest BCUT2D eigenvalue weighted by molar-refractivity contribution is 0.103. The molecular formula is C20H25N3O4. The topological polar surface area (TPSA) is 91.9 Å². The van der Waals surface area contributed by atoms with Crippen LogP contribution in [0.2, 0.25) is 0 Å². The molecule has 7 heteroatoms. The van der Waals surface area contributed by atoms with Gasteiger partial charge in [-0.3, -0.25) is 0 Å². The largest absolute Gasteiger partial charge is 0.490 e. The van der Waals surface area contributed by atoms with Gasteiger partial charge in [0.25, 0.3) is 0 Å². The molecule has 1 aliphatic heterocycles. The molecule has 1 heterocycles. The van der Waals surface area contributed by atoms with E-state index in [0.29, 0.717) is 37.6 Å². The van der Waals surface area contributed by atoms with E-state index < -0.39 is 6.10 Å². The number of benzene rings is 2. The number of aliphatic hydroxyl groups is 1. The van der Waals surface area contributed by atoms with Crippen molar-refractivity contribution in [3.05, 3.63) is 54.6 Å². The summed E-state index contributed by atoms with van der Waals surface area (Å²) in [7, 11) is 0. The van der Waals surface area contributed by atoms with E-state index in [-0.39, 0.29) is 12.1 Å². The molecule has 0 unspecified atom stereocenters. The van der Waals surface area contributed by atoms with Gasteiger partial charge in [0.2, 0.25) is 0 Å². The molecule has 27 heavy (non-hydrogen) atoms. The quantitative estimate of drug-likeness (QED) is 0.559. The molecule has 7 nitrogen and oxygen atoms in total. The Bertz CT molecular complexity index is 726. The fourth-order valence-electron chi connectivity index (χ4n) is 2.84. The Morgan fingerprint density at radius 1 is 1.07 bits per heavy atom. The van der Waals surface area contributed by atoms with Gasteiger partial charge in [-0.05, 0) is 37.2 Å². The van der Waals surface area contributed by atoms with Crippen molar-refractivity contribution in [3.8, 4) is 11.5 Å². The van der Waals surface area contributed by atoms with E-state index in [9.17, 15) is 9.90 Å². The van der Waals surface area contributed by atoms with Gasteiger partial charge in [-0.25, -0.2) is 4.79 Å². The first-order valence-electron chi connectivity index (χ1n) is 9.08. The van der Waals surface area contributed by atoms with Crippen molar-refractivity contribution in [3.63, 3.8) is 0 Å². The van der Waals surface area contributed by atoms with E-state index in [0.717, 1.165) is 12.3 Å². The first-order valence-corrected chi connectivity index (χ1v) is 9.08. The summed E-state index contributed by atoms with van der Waals surface area (Å²) in [6.45, 7) is 2.04. The molecular weight excluding hydrogens is 346 g/mol. The highest BCUT2D eigenvalue weighted by Gasteiger charge is 2.24. The van der Waals surface area contributed by atoms with Crippen molar-refractivity contribution >= 4 is 11.7 Å². The van der Waals surface area contributed by atoms with E-state index in [1.54, 1.807) is 12.1 Å². The Morgan fingerprint density at radius 3 is 2.63 bits per heavy atom. The van der Waals surface area contributed by atoms with Crippen LogP contribution in [0, 0.1) is 0 Å². The van der Waals surface area contributed by atoms with Crippen molar-refractivity contribution in [2.75, 3.05) is 31.6 Å². The summed E-state index contributed by atoms with van der Waals surface area (Å²) >= 11 is 0. The fourth-order valence-corrected chi connectivity index (χ4v) is 2.84.